The number of carbonyl (C=O) groups excluding carboxylic acids is 2. The van der Waals surface area contributed by atoms with Crippen molar-refractivity contribution in [2.24, 2.45) is 0 Å². The van der Waals surface area contributed by atoms with Crippen molar-refractivity contribution in [3.05, 3.63) is 82.0 Å². The first-order chi connectivity index (χ1) is 19.1. The van der Waals surface area contributed by atoms with Crippen LogP contribution in [0.2, 0.25) is 5.02 Å². The van der Waals surface area contributed by atoms with Crippen LogP contribution in [-0.2, 0) is 10.3 Å². The summed E-state index contributed by atoms with van der Waals surface area (Å²) in [6.07, 6.45) is 1.56. The molecular weight excluding hydrogens is 537 g/mol. The number of hydrogen-bond acceptors (Lipinski definition) is 6. The fourth-order valence-corrected chi connectivity index (χ4v) is 5.92. The minimum absolute atomic E-state index is 0.0607. The van der Waals surface area contributed by atoms with E-state index in [9.17, 15) is 14.0 Å². The SMILES string of the molecule is COc1cc(OC)c(-c2nc3c(n2C(C)C)C2(C(=O)Nc4cc(C)ccc42)N(c2cc(F)cc(Cl)c2)C3=O)cn1. The van der Waals surface area contributed by atoms with Gasteiger partial charge in [-0.25, -0.2) is 14.4 Å². The third-order valence-electron chi connectivity index (χ3n) is 7.27. The van der Waals surface area contributed by atoms with Gasteiger partial charge in [0.25, 0.3) is 11.8 Å². The lowest BCUT2D eigenvalue weighted by molar-refractivity contribution is -0.119. The number of aromatic nitrogens is 3. The van der Waals surface area contributed by atoms with Crippen LogP contribution in [0.4, 0.5) is 15.8 Å². The molecule has 204 valence electrons. The van der Waals surface area contributed by atoms with Crippen LogP contribution < -0.4 is 19.7 Å². The number of rotatable bonds is 5. The fourth-order valence-electron chi connectivity index (χ4n) is 5.70. The Kier molecular flexibility index (Phi) is 5.85. The molecule has 6 rings (SSSR count). The van der Waals surface area contributed by atoms with Crippen LogP contribution in [0.15, 0.2) is 48.7 Å². The molecule has 0 radical (unpaired) electrons. The van der Waals surface area contributed by atoms with Gasteiger partial charge >= 0.3 is 0 Å². The predicted octanol–water partition coefficient (Wildman–Crippen LogP) is 5.50. The molecule has 2 aliphatic rings. The molecular formula is C29H25ClFN5O4. The van der Waals surface area contributed by atoms with E-state index < -0.39 is 23.2 Å². The third kappa shape index (κ3) is 3.45. The minimum Gasteiger partial charge on any atom is -0.496 e. The normalized spacial score (nSPS) is 17.4. The first-order valence-corrected chi connectivity index (χ1v) is 12.9. The number of benzene rings is 2. The number of amides is 2. The maximum absolute atomic E-state index is 14.6. The van der Waals surface area contributed by atoms with Crippen LogP contribution in [0.3, 0.4) is 0 Å². The van der Waals surface area contributed by atoms with Crippen molar-refractivity contribution in [3.63, 3.8) is 0 Å². The fraction of sp³-hybridized carbons (Fsp3) is 0.241. The number of anilines is 2. The number of carbonyl (C=O) groups is 2. The van der Waals surface area contributed by atoms with E-state index in [4.69, 9.17) is 26.1 Å². The highest BCUT2D eigenvalue weighted by Gasteiger charge is 2.64. The van der Waals surface area contributed by atoms with E-state index in [-0.39, 0.29) is 22.4 Å². The van der Waals surface area contributed by atoms with Crippen molar-refractivity contribution in [2.45, 2.75) is 32.4 Å². The van der Waals surface area contributed by atoms with Crippen LogP contribution in [0, 0.1) is 12.7 Å². The summed E-state index contributed by atoms with van der Waals surface area (Å²) in [5.41, 5.74) is 1.41. The molecule has 0 aliphatic carbocycles. The second-order valence-corrected chi connectivity index (χ2v) is 10.4. The summed E-state index contributed by atoms with van der Waals surface area (Å²) >= 11 is 6.23. The van der Waals surface area contributed by atoms with Crippen LogP contribution in [0.5, 0.6) is 11.6 Å². The number of imidazole rings is 1. The Morgan fingerprint density at radius 2 is 1.85 bits per heavy atom. The molecule has 0 saturated carbocycles. The van der Waals surface area contributed by atoms with Crippen molar-refractivity contribution >= 4 is 34.8 Å². The quantitative estimate of drug-likeness (QED) is 0.345. The summed E-state index contributed by atoms with van der Waals surface area (Å²) in [6, 6.07) is 10.7. The van der Waals surface area contributed by atoms with Gasteiger partial charge in [-0.05, 0) is 50.6 Å². The summed E-state index contributed by atoms with van der Waals surface area (Å²) < 4.78 is 27.4. The van der Waals surface area contributed by atoms with E-state index >= 15 is 0 Å². The van der Waals surface area contributed by atoms with Gasteiger partial charge in [0.05, 0.1) is 31.2 Å². The summed E-state index contributed by atoms with van der Waals surface area (Å²) in [5, 5.41) is 3.05. The Morgan fingerprint density at radius 1 is 1.07 bits per heavy atom. The largest absolute Gasteiger partial charge is 0.496 e. The highest BCUT2D eigenvalue weighted by atomic mass is 35.5. The molecule has 4 aromatic rings. The Morgan fingerprint density at radius 3 is 2.52 bits per heavy atom. The van der Waals surface area contributed by atoms with E-state index in [1.807, 2.05) is 43.5 Å². The summed E-state index contributed by atoms with van der Waals surface area (Å²) in [7, 11) is 3.01. The highest BCUT2D eigenvalue weighted by molar-refractivity contribution is 6.31. The summed E-state index contributed by atoms with van der Waals surface area (Å²) in [4.78, 5) is 39.0. The van der Waals surface area contributed by atoms with Gasteiger partial charge in [-0.2, -0.15) is 0 Å². The van der Waals surface area contributed by atoms with Crippen LogP contribution >= 0.6 is 11.6 Å². The Bertz CT molecular complexity index is 1720. The number of aryl methyl sites for hydroxylation is 1. The van der Waals surface area contributed by atoms with Crippen molar-refractivity contribution in [2.75, 3.05) is 24.4 Å². The van der Waals surface area contributed by atoms with Crippen LogP contribution in [0.1, 0.15) is 47.2 Å². The molecule has 2 aliphatic heterocycles. The molecule has 1 N–H and O–H groups in total. The molecule has 2 aromatic carbocycles. The zero-order chi connectivity index (χ0) is 28.5. The lowest BCUT2D eigenvalue weighted by Crippen LogP contribution is -2.51. The summed E-state index contributed by atoms with van der Waals surface area (Å²) in [6.45, 7) is 5.77. The van der Waals surface area contributed by atoms with Crippen LogP contribution in [-0.4, -0.2) is 40.6 Å². The minimum atomic E-state index is -1.69. The van der Waals surface area contributed by atoms with Gasteiger partial charge in [0.15, 0.2) is 11.2 Å². The Balaban J connectivity index is 1.72. The number of ether oxygens (including phenoxy) is 2. The molecule has 0 saturated heterocycles. The van der Waals surface area contributed by atoms with Gasteiger partial charge in [-0.1, -0.05) is 23.7 Å². The Hall–Kier alpha value is -4.44. The third-order valence-corrected chi connectivity index (χ3v) is 7.49. The highest BCUT2D eigenvalue weighted by Crippen LogP contribution is 2.54. The zero-order valence-corrected chi connectivity index (χ0v) is 23.1. The van der Waals surface area contributed by atoms with Gasteiger partial charge in [-0.3, -0.25) is 14.5 Å². The first kappa shape index (κ1) is 25.8. The van der Waals surface area contributed by atoms with E-state index in [1.165, 1.54) is 31.3 Å². The van der Waals surface area contributed by atoms with E-state index in [0.29, 0.717) is 40.0 Å². The van der Waals surface area contributed by atoms with Gasteiger partial charge in [0, 0.05) is 34.6 Å². The van der Waals surface area contributed by atoms with Gasteiger partial charge in [0.2, 0.25) is 5.88 Å². The maximum atomic E-state index is 14.6. The molecule has 11 heteroatoms. The van der Waals surface area contributed by atoms with E-state index in [0.717, 1.165) is 11.6 Å². The summed E-state index contributed by atoms with van der Waals surface area (Å²) in [5.74, 6) is -0.504. The lowest BCUT2D eigenvalue weighted by atomic mass is 9.86. The zero-order valence-electron chi connectivity index (χ0n) is 22.4. The maximum Gasteiger partial charge on any atom is 0.280 e. The number of halogens is 2. The number of hydrogen-bond donors (Lipinski definition) is 1. The Labute approximate surface area is 234 Å². The lowest BCUT2D eigenvalue weighted by Gasteiger charge is -2.35. The second-order valence-electron chi connectivity index (χ2n) is 10.0. The van der Waals surface area contributed by atoms with Crippen molar-refractivity contribution < 1.29 is 23.5 Å². The molecule has 40 heavy (non-hydrogen) atoms. The molecule has 4 heterocycles. The topological polar surface area (TPSA) is 98.6 Å². The average molecular weight is 562 g/mol. The smallest absolute Gasteiger partial charge is 0.280 e. The van der Waals surface area contributed by atoms with Crippen molar-refractivity contribution in [1.29, 1.82) is 0 Å². The number of methoxy groups -OCH3 is 2. The predicted molar refractivity (Wildman–Crippen MR) is 148 cm³/mol. The standard InChI is InChI=1S/C29H25ClFN5O4/c1-14(2)35-25-24(34-26(35)19-13-32-23(40-5)12-22(19)39-4)27(37)36(18-10-16(30)9-17(31)11-18)29(25)20-7-6-15(3)8-21(20)33-28(29)38/h6-14H,1-5H3,(H,33,38). The van der Waals surface area contributed by atoms with Gasteiger partial charge in [-0.15, -0.1) is 0 Å². The van der Waals surface area contributed by atoms with Gasteiger partial charge < -0.3 is 19.4 Å². The van der Waals surface area contributed by atoms with E-state index in [1.54, 1.807) is 12.3 Å². The number of nitrogens with one attached hydrogen (secondary N) is 1. The number of nitrogens with zero attached hydrogens (tertiary/aromatic N) is 4. The number of pyridine rings is 1. The monoisotopic (exact) mass is 561 g/mol. The second kappa shape index (κ2) is 9.06. The number of fused-ring (bicyclic) bond motifs is 4. The van der Waals surface area contributed by atoms with E-state index in [2.05, 4.69) is 10.3 Å². The van der Waals surface area contributed by atoms with Gasteiger partial charge in [0.1, 0.15) is 17.4 Å². The molecule has 0 fully saturated rings. The van der Waals surface area contributed by atoms with Crippen LogP contribution in [0.25, 0.3) is 11.4 Å². The first-order valence-electron chi connectivity index (χ1n) is 12.6. The molecule has 2 amide bonds. The average Bonchev–Trinajstić information content (AvgIpc) is 3.51. The van der Waals surface area contributed by atoms with Crippen molar-refractivity contribution in [1.82, 2.24) is 14.5 Å². The molecule has 1 atom stereocenters. The van der Waals surface area contributed by atoms with Crippen molar-refractivity contribution in [3.8, 4) is 23.0 Å². The molecule has 9 nitrogen and oxygen atoms in total. The molecule has 0 bridgehead atoms. The molecule has 1 spiro atoms. The molecule has 2 aromatic heterocycles. The molecule has 1 unspecified atom stereocenters.